The molecule has 1 aromatic heterocycles. The summed E-state index contributed by atoms with van der Waals surface area (Å²) in [5, 5.41) is 4.10. The number of methoxy groups -OCH3 is 1. The second kappa shape index (κ2) is 12.2. The van der Waals surface area contributed by atoms with Crippen molar-refractivity contribution in [1.29, 1.82) is 0 Å². The number of nitrogens with zero attached hydrogens (tertiary/aromatic N) is 1. The van der Waals surface area contributed by atoms with Crippen LogP contribution in [0.2, 0.25) is 0 Å². The summed E-state index contributed by atoms with van der Waals surface area (Å²) in [7, 11) is 1.27. The molecule has 0 unspecified atom stereocenters. The number of alkyl halides is 6. The van der Waals surface area contributed by atoms with Gasteiger partial charge in [-0.1, -0.05) is 48.5 Å². The van der Waals surface area contributed by atoms with Gasteiger partial charge in [0, 0.05) is 10.9 Å². The number of esters is 1. The second-order valence-electron chi connectivity index (χ2n) is 9.54. The van der Waals surface area contributed by atoms with Crippen molar-refractivity contribution in [2.75, 3.05) is 7.11 Å². The van der Waals surface area contributed by atoms with Crippen LogP contribution in [0.3, 0.4) is 0 Å². The molecule has 0 radical (unpaired) electrons. The minimum atomic E-state index is -4.67. The summed E-state index contributed by atoms with van der Waals surface area (Å²) in [5.41, 5.74) is 0.767. The van der Waals surface area contributed by atoms with Crippen LogP contribution in [0.1, 0.15) is 37.5 Å². The fourth-order valence-electron chi connectivity index (χ4n) is 4.58. The van der Waals surface area contributed by atoms with E-state index >= 15 is 0 Å². The number of carbonyl (C=O) groups is 2. The molecule has 0 aliphatic rings. The average Bonchev–Trinajstić information content (AvgIpc) is 3.41. The molecule has 0 saturated heterocycles. The zero-order valence-electron chi connectivity index (χ0n) is 23.1. The number of nitrogens with one attached hydrogen (secondary N) is 2. The Labute approximate surface area is 251 Å². The third-order valence-corrected chi connectivity index (χ3v) is 6.62. The third-order valence-electron chi connectivity index (χ3n) is 6.62. The maximum Gasteiger partial charge on any atom is 0.418 e. The lowest BCUT2D eigenvalue weighted by Gasteiger charge is -2.11. The molecule has 230 valence electrons. The number of hydrogen-bond donors (Lipinski definition) is 2. The zero-order chi connectivity index (χ0) is 32.4. The first-order valence-electron chi connectivity index (χ1n) is 13.0. The van der Waals surface area contributed by atoms with Gasteiger partial charge in [-0.25, -0.2) is 10.2 Å². The Bertz CT molecular complexity index is 1910. The van der Waals surface area contributed by atoms with Gasteiger partial charge in [0.2, 0.25) is 0 Å². The Hall–Kier alpha value is -5.59. The summed E-state index contributed by atoms with van der Waals surface area (Å²) in [5.74, 6) is -1.92. The molecule has 1 amide bonds. The second-order valence-corrected chi connectivity index (χ2v) is 9.54. The molecule has 7 nitrogen and oxygen atoms in total. The van der Waals surface area contributed by atoms with Crippen LogP contribution in [0.25, 0.3) is 22.0 Å². The smallest absolute Gasteiger partial charge is 0.418 e. The molecule has 45 heavy (non-hydrogen) atoms. The number of carbonyl (C=O) groups excluding carboxylic acids is 2. The van der Waals surface area contributed by atoms with Gasteiger partial charge < -0.3 is 14.5 Å². The van der Waals surface area contributed by atoms with Crippen molar-refractivity contribution in [2.24, 2.45) is 5.10 Å². The van der Waals surface area contributed by atoms with Gasteiger partial charge in [0.1, 0.15) is 5.69 Å². The Kier molecular flexibility index (Phi) is 8.36. The number of hydrogen-bond acceptors (Lipinski definition) is 5. The van der Waals surface area contributed by atoms with Gasteiger partial charge >= 0.3 is 18.3 Å². The van der Waals surface area contributed by atoms with Crippen molar-refractivity contribution in [3.8, 4) is 22.6 Å². The maximum atomic E-state index is 13.7. The number of H-pyrrole nitrogens is 1. The lowest BCUT2D eigenvalue weighted by molar-refractivity contribution is -0.138. The molecule has 0 aliphatic carbocycles. The quantitative estimate of drug-likeness (QED) is 0.0633. The van der Waals surface area contributed by atoms with Crippen LogP contribution in [0.4, 0.5) is 26.3 Å². The van der Waals surface area contributed by atoms with Crippen molar-refractivity contribution < 1.29 is 45.4 Å². The number of amides is 1. The van der Waals surface area contributed by atoms with Gasteiger partial charge in [0.05, 0.1) is 35.5 Å². The van der Waals surface area contributed by atoms with E-state index in [1.807, 2.05) is 0 Å². The number of rotatable bonds is 7. The largest absolute Gasteiger partial charge is 0.493 e. The summed E-state index contributed by atoms with van der Waals surface area (Å²) in [6, 6.07) is 20.0. The highest BCUT2D eigenvalue weighted by molar-refractivity contribution is 6.10. The Morgan fingerprint density at radius 2 is 1.56 bits per heavy atom. The number of benzene rings is 4. The summed E-state index contributed by atoms with van der Waals surface area (Å²) in [4.78, 5) is 28.3. The molecule has 4 aromatic carbocycles. The van der Waals surface area contributed by atoms with Crippen LogP contribution in [0.5, 0.6) is 11.5 Å². The topological polar surface area (TPSA) is 92.8 Å². The van der Waals surface area contributed by atoms with E-state index in [0.29, 0.717) is 17.2 Å². The van der Waals surface area contributed by atoms with Crippen LogP contribution in [0, 0.1) is 0 Å². The van der Waals surface area contributed by atoms with Crippen LogP contribution < -0.4 is 14.9 Å². The molecule has 0 aliphatic heterocycles. The normalized spacial score (nSPS) is 12.0. The van der Waals surface area contributed by atoms with Crippen molar-refractivity contribution in [1.82, 2.24) is 10.4 Å². The van der Waals surface area contributed by atoms with Gasteiger partial charge in [-0.3, -0.25) is 4.79 Å². The van der Waals surface area contributed by atoms with Crippen LogP contribution in [-0.2, 0) is 12.4 Å². The number of ether oxygens (including phenoxy) is 2. The number of aromatic nitrogens is 1. The third kappa shape index (κ3) is 6.66. The standard InChI is InChI=1S/C32H21F6N3O4/c1-44-25-15-18(13-14-24(25)45-30(43)20-9-5-10-21(16-20)31(33,34)35)17-39-41-29(42)28-26(19-7-3-2-4-8-19)22-11-6-12-23(27(22)40-28)32(36,37)38/h2-17,40H,1H3,(H,41,42). The van der Waals surface area contributed by atoms with Gasteiger partial charge in [0.25, 0.3) is 5.91 Å². The van der Waals surface area contributed by atoms with Crippen LogP contribution >= 0.6 is 0 Å². The lowest BCUT2D eigenvalue weighted by atomic mass is 10.0. The number of halogens is 6. The molecule has 1 heterocycles. The number of fused-ring (bicyclic) bond motifs is 1. The molecule has 0 atom stereocenters. The summed E-state index contributed by atoms with van der Waals surface area (Å²) >= 11 is 0. The average molecular weight is 626 g/mol. The van der Waals surface area contributed by atoms with E-state index in [1.165, 1.54) is 49.7 Å². The van der Waals surface area contributed by atoms with Gasteiger partial charge in [-0.15, -0.1) is 0 Å². The van der Waals surface area contributed by atoms with Crippen molar-refractivity contribution in [3.05, 3.63) is 119 Å². The summed E-state index contributed by atoms with van der Waals surface area (Å²) in [6.45, 7) is 0. The Morgan fingerprint density at radius 1 is 0.822 bits per heavy atom. The van der Waals surface area contributed by atoms with Crippen molar-refractivity contribution in [3.63, 3.8) is 0 Å². The molecular formula is C32H21F6N3O4. The monoisotopic (exact) mass is 625 g/mol. The van der Waals surface area contributed by atoms with E-state index in [9.17, 15) is 35.9 Å². The summed E-state index contributed by atoms with van der Waals surface area (Å²) in [6.07, 6.45) is -8.10. The molecule has 5 rings (SSSR count). The van der Waals surface area contributed by atoms with E-state index < -0.39 is 35.4 Å². The fourth-order valence-corrected chi connectivity index (χ4v) is 4.58. The Morgan fingerprint density at radius 3 is 2.24 bits per heavy atom. The van der Waals surface area contributed by atoms with E-state index in [2.05, 4.69) is 15.5 Å². The molecule has 0 saturated carbocycles. The minimum Gasteiger partial charge on any atom is -0.493 e. The first-order valence-corrected chi connectivity index (χ1v) is 13.0. The number of hydrazone groups is 1. The SMILES string of the molecule is COc1cc(C=NNC(=O)c2[nH]c3c(C(F)(F)F)cccc3c2-c2ccccc2)ccc1OC(=O)c1cccc(C(F)(F)F)c1. The molecule has 2 N–H and O–H groups in total. The Balaban J connectivity index is 1.37. The van der Waals surface area contributed by atoms with Gasteiger partial charge in [-0.2, -0.15) is 31.4 Å². The molecule has 0 fully saturated rings. The number of aromatic amines is 1. The van der Waals surface area contributed by atoms with Crippen molar-refractivity contribution >= 4 is 29.0 Å². The van der Waals surface area contributed by atoms with Crippen LogP contribution in [0.15, 0.2) is 96.1 Å². The van der Waals surface area contributed by atoms with E-state index in [4.69, 9.17) is 9.47 Å². The first-order chi connectivity index (χ1) is 21.4. The van der Waals surface area contributed by atoms with E-state index in [1.54, 1.807) is 30.3 Å². The van der Waals surface area contributed by atoms with E-state index in [-0.39, 0.29) is 39.2 Å². The van der Waals surface area contributed by atoms with E-state index in [0.717, 1.165) is 18.2 Å². The zero-order valence-corrected chi connectivity index (χ0v) is 23.1. The van der Waals surface area contributed by atoms with Crippen LogP contribution in [-0.4, -0.2) is 30.2 Å². The maximum absolute atomic E-state index is 13.7. The highest BCUT2D eigenvalue weighted by Crippen LogP contribution is 2.40. The highest BCUT2D eigenvalue weighted by Gasteiger charge is 2.35. The molecule has 5 aromatic rings. The minimum absolute atomic E-state index is 0.0345. The highest BCUT2D eigenvalue weighted by atomic mass is 19.4. The molecular weight excluding hydrogens is 604 g/mol. The molecule has 0 spiro atoms. The first kappa shape index (κ1) is 30.9. The number of para-hydroxylation sites is 1. The predicted molar refractivity (Wildman–Crippen MR) is 153 cm³/mol. The molecule has 0 bridgehead atoms. The van der Waals surface area contributed by atoms with Gasteiger partial charge in [0.15, 0.2) is 11.5 Å². The molecule has 13 heteroatoms. The fraction of sp³-hybridized carbons (Fsp3) is 0.0938. The summed E-state index contributed by atoms with van der Waals surface area (Å²) < 4.78 is 90.7. The van der Waals surface area contributed by atoms with Gasteiger partial charge in [-0.05, 0) is 53.6 Å². The predicted octanol–water partition coefficient (Wildman–Crippen LogP) is 7.86. The lowest BCUT2D eigenvalue weighted by Crippen LogP contribution is -2.19. The van der Waals surface area contributed by atoms with Crippen molar-refractivity contribution in [2.45, 2.75) is 12.4 Å².